The van der Waals surface area contributed by atoms with Gasteiger partial charge in [0, 0.05) is 25.4 Å². The van der Waals surface area contributed by atoms with Gasteiger partial charge in [0.2, 0.25) is 5.88 Å². The van der Waals surface area contributed by atoms with E-state index in [4.69, 9.17) is 10.5 Å². The highest BCUT2D eigenvalue weighted by molar-refractivity contribution is 5.67. The van der Waals surface area contributed by atoms with Crippen molar-refractivity contribution in [1.82, 2.24) is 15.0 Å². The number of anilines is 2. The van der Waals surface area contributed by atoms with Crippen molar-refractivity contribution in [2.24, 2.45) is 5.92 Å². The normalized spacial score (nSPS) is 10.7. The van der Waals surface area contributed by atoms with Gasteiger partial charge in [-0.2, -0.15) is 4.98 Å². The molecule has 3 N–H and O–H groups in total. The van der Waals surface area contributed by atoms with Crippen LogP contribution in [0.3, 0.4) is 0 Å². The van der Waals surface area contributed by atoms with E-state index in [0.29, 0.717) is 36.5 Å². The number of nitrogen functional groups attached to an aromatic ring is 1. The van der Waals surface area contributed by atoms with Crippen LogP contribution in [0, 0.1) is 5.92 Å². The zero-order chi connectivity index (χ0) is 15.9. The maximum absolute atomic E-state index is 6.11. The molecule has 0 unspecified atom stereocenters. The molecule has 2 heterocycles. The van der Waals surface area contributed by atoms with Crippen molar-refractivity contribution in [3.63, 3.8) is 0 Å². The average molecular weight is 301 g/mol. The third-order valence-corrected chi connectivity index (χ3v) is 3.04. The number of nitrogens with two attached hydrogens (primary N) is 1. The van der Waals surface area contributed by atoms with Crippen molar-refractivity contribution in [2.75, 3.05) is 17.7 Å². The first-order valence-electron chi connectivity index (χ1n) is 7.52. The fourth-order valence-corrected chi connectivity index (χ4v) is 2.02. The van der Waals surface area contributed by atoms with Crippen molar-refractivity contribution in [1.29, 1.82) is 0 Å². The lowest BCUT2D eigenvalue weighted by Crippen LogP contribution is -2.12. The minimum absolute atomic E-state index is 0.448. The molecule has 0 amide bonds. The molecule has 6 heteroatoms. The Morgan fingerprint density at radius 2 is 1.95 bits per heavy atom. The Morgan fingerprint density at radius 1 is 1.23 bits per heavy atom. The van der Waals surface area contributed by atoms with Gasteiger partial charge in [0.05, 0.1) is 6.61 Å². The van der Waals surface area contributed by atoms with Gasteiger partial charge in [0.25, 0.3) is 0 Å². The predicted molar refractivity (Wildman–Crippen MR) is 87.7 cm³/mol. The summed E-state index contributed by atoms with van der Waals surface area (Å²) in [6.07, 6.45) is 4.30. The van der Waals surface area contributed by atoms with Crippen LogP contribution >= 0.6 is 0 Å². The molecule has 2 aromatic rings. The van der Waals surface area contributed by atoms with E-state index in [1.165, 1.54) is 0 Å². The first kappa shape index (κ1) is 16.0. The molecular weight excluding hydrogens is 278 g/mol. The van der Waals surface area contributed by atoms with Gasteiger partial charge in [-0.05, 0) is 30.5 Å². The summed E-state index contributed by atoms with van der Waals surface area (Å²) in [5, 5.41) is 3.26. The number of aromatic nitrogens is 3. The third-order valence-electron chi connectivity index (χ3n) is 3.04. The number of rotatable bonds is 7. The van der Waals surface area contributed by atoms with E-state index in [-0.39, 0.29) is 0 Å². The van der Waals surface area contributed by atoms with Crippen LogP contribution in [0.1, 0.15) is 32.2 Å². The van der Waals surface area contributed by atoms with Crippen molar-refractivity contribution in [3.05, 3.63) is 35.9 Å². The molecule has 0 aromatic carbocycles. The molecule has 0 aliphatic heterocycles. The summed E-state index contributed by atoms with van der Waals surface area (Å²) >= 11 is 0. The Morgan fingerprint density at radius 3 is 2.59 bits per heavy atom. The van der Waals surface area contributed by atoms with Gasteiger partial charge in [-0.25, -0.2) is 4.98 Å². The standard InChI is InChI=1S/C16H23N5O/c1-4-22-16-14(17)15(20-13(21-16)9-11(2)3)19-10-12-5-7-18-8-6-12/h5-8,11H,4,9-10,17H2,1-3H3,(H,19,20,21). The molecule has 118 valence electrons. The maximum atomic E-state index is 6.11. The molecule has 0 bridgehead atoms. The van der Waals surface area contributed by atoms with Gasteiger partial charge >= 0.3 is 0 Å². The maximum Gasteiger partial charge on any atom is 0.242 e. The topological polar surface area (TPSA) is 86.0 Å². The number of hydrogen-bond acceptors (Lipinski definition) is 6. The molecule has 0 fully saturated rings. The number of ether oxygens (including phenoxy) is 1. The second-order valence-electron chi connectivity index (χ2n) is 5.45. The Labute approximate surface area is 131 Å². The van der Waals surface area contributed by atoms with Crippen LogP contribution in [0.4, 0.5) is 11.5 Å². The van der Waals surface area contributed by atoms with Crippen LogP contribution in [-0.4, -0.2) is 21.6 Å². The average Bonchev–Trinajstić information content (AvgIpc) is 2.49. The highest BCUT2D eigenvalue weighted by Gasteiger charge is 2.13. The van der Waals surface area contributed by atoms with E-state index in [0.717, 1.165) is 17.8 Å². The summed E-state index contributed by atoms with van der Waals surface area (Å²) in [5.74, 6) is 2.27. The summed E-state index contributed by atoms with van der Waals surface area (Å²) in [7, 11) is 0. The largest absolute Gasteiger partial charge is 0.476 e. The predicted octanol–water partition coefficient (Wildman–Crippen LogP) is 2.66. The zero-order valence-corrected chi connectivity index (χ0v) is 13.3. The number of nitrogens with zero attached hydrogens (tertiary/aromatic N) is 3. The van der Waals surface area contributed by atoms with Crippen molar-refractivity contribution < 1.29 is 4.74 Å². The molecule has 0 aliphatic carbocycles. The fourth-order valence-electron chi connectivity index (χ4n) is 2.02. The second-order valence-corrected chi connectivity index (χ2v) is 5.45. The van der Waals surface area contributed by atoms with Crippen molar-refractivity contribution in [3.8, 4) is 5.88 Å². The zero-order valence-electron chi connectivity index (χ0n) is 13.3. The molecule has 2 rings (SSSR count). The lowest BCUT2D eigenvalue weighted by atomic mass is 10.1. The van der Waals surface area contributed by atoms with Crippen LogP contribution in [-0.2, 0) is 13.0 Å². The summed E-state index contributed by atoms with van der Waals surface area (Å²) in [6.45, 7) is 7.31. The lowest BCUT2D eigenvalue weighted by Gasteiger charge is -2.14. The summed E-state index contributed by atoms with van der Waals surface area (Å²) in [4.78, 5) is 12.9. The molecule has 0 saturated carbocycles. The Balaban J connectivity index is 2.22. The quantitative estimate of drug-likeness (QED) is 0.817. The van der Waals surface area contributed by atoms with Gasteiger partial charge in [0.1, 0.15) is 11.5 Å². The SMILES string of the molecule is CCOc1nc(CC(C)C)nc(NCc2ccncc2)c1N. The van der Waals surface area contributed by atoms with Crippen molar-refractivity contribution >= 4 is 11.5 Å². The minimum atomic E-state index is 0.448. The highest BCUT2D eigenvalue weighted by atomic mass is 16.5. The summed E-state index contributed by atoms with van der Waals surface area (Å²) in [5.41, 5.74) is 7.66. The molecule has 0 radical (unpaired) electrons. The van der Waals surface area contributed by atoms with Gasteiger partial charge in [0.15, 0.2) is 5.82 Å². The Kier molecular flexibility index (Phi) is 5.52. The molecule has 0 spiro atoms. The van der Waals surface area contributed by atoms with E-state index in [1.54, 1.807) is 12.4 Å². The van der Waals surface area contributed by atoms with Crippen LogP contribution in [0.5, 0.6) is 5.88 Å². The number of nitrogens with one attached hydrogen (secondary N) is 1. The Bertz CT molecular complexity index is 601. The molecule has 0 atom stereocenters. The van der Waals surface area contributed by atoms with Crippen LogP contribution in [0.15, 0.2) is 24.5 Å². The van der Waals surface area contributed by atoms with Crippen LogP contribution < -0.4 is 15.8 Å². The van der Waals surface area contributed by atoms with E-state index in [2.05, 4.69) is 34.1 Å². The Hall–Kier alpha value is -2.37. The van der Waals surface area contributed by atoms with E-state index >= 15 is 0 Å². The molecule has 6 nitrogen and oxygen atoms in total. The number of pyridine rings is 1. The summed E-state index contributed by atoms with van der Waals surface area (Å²) < 4.78 is 5.53. The van der Waals surface area contributed by atoms with Gasteiger partial charge < -0.3 is 15.8 Å². The fraction of sp³-hybridized carbons (Fsp3) is 0.438. The van der Waals surface area contributed by atoms with E-state index in [1.807, 2.05) is 19.1 Å². The first-order chi connectivity index (χ1) is 10.6. The second kappa shape index (κ2) is 7.59. The lowest BCUT2D eigenvalue weighted by molar-refractivity contribution is 0.326. The van der Waals surface area contributed by atoms with Gasteiger partial charge in [-0.15, -0.1) is 0 Å². The molecule has 0 saturated heterocycles. The number of hydrogen-bond donors (Lipinski definition) is 2. The first-order valence-corrected chi connectivity index (χ1v) is 7.52. The molecule has 2 aromatic heterocycles. The van der Waals surface area contributed by atoms with Crippen LogP contribution in [0.2, 0.25) is 0 Å². The molecular formula is C16H23N5O. The van der Waals surface area contributed by atoms with Crippen LogP contribution in [0.25, 0.3) is 0 Å². The highest BCUT2D eigenvalue weighted by Crippen LogP contribution is 2.27. The minimum Gasteiger partial charge on any atom is -0.476 e. The van der Waals surface area contributed by atoms with Gasteiger partial charge in [-0.1, -0.05) is 13.8 Å². The smallest absolute Gasteiger partial charge is 0.242 e. The van der Waals surface area contributed by atoms with Crippen molar-refractivity contribution in [2.45, 2.75) is 33.7 Å². The summed E-state index contributed by atoms with van der Waals surface area (Å²) in [6, 6.07) is 3.89. The monoisotopic (exact) mass is 301 g/mol. The van der Waals surface area contributed by atoms with E-state index in [9.17, 15) is 0 Å². The molecule has 22 heavy (non-hydrogen) atoms. The molecule has 0 aliphatic rings. The van der Waals surface area contributed by atoms with E-state index < -0.39 is 0 Å². The van der Waals surface area contributed by atoms with Gasteiger partial charge in [-0.3, -0.25) is 4.98 Å². The third kappa shape index (κ3) is 4.31.